The van der Waals surface area contributed by atoms with Gasteiger partial charge in [0.1, 0.15) is 5.82 Å². The third-order valence-corrected chi connectivity index (χ3v) is 2.79. The summed E-state index contributed by atoms with van der Waals surface area (Å²) in [5, 5.41) is 6.67. The normalized spacial score (nSPS) is 12.5. The molecule has 0 aliphatic rings. The number of rotatable bonds is 8. The fraction of sp³-hybridized carbons (Fsp3) is 0.714. The van der Waals surface area contributed by atoms with Crippen molar-refractivity contribution < 1.29 is 0 Å². The summed E-state index contributed by atoms with van der Waals surface area (Å²) in [6.07, 6.45) is 2.16. The van der Waals surface area contributed by atoms with Crippen LogP contribution in [-0.2, 0) is 0 Å². The van der Waals surface area contributed by atoms with Gasteiger partial charge in [-0.15, -0.1) is 0 Å². The molecule has 1 aromatic heterocycles. The van der Waals surface area contributed by atoms with Crippen LogP contribution in [0.4, 0.5) is 11.8 Å². The van der Waals surface area contributed by atoms with E-state index < -0.39 is 0 Å². The van der Waals surface area contributed by atoms with Crippen molar-refractivity contribution in [3.63, 3.8) is 0 Å². The van der Waals surface area contributed by atoms with Crippen molar-refractivity contribution in [1.82, 2.24) is 14.9 Å². The molecule has 0 bridgehead atoms. The first kappa shape index (κ1) is 15.7. The number of anilines is 2. The van der Waals surface area contributed by atoms with Crippen molar-refractivity contribution in [1.29, 1.82) is 0 Å². The van der Waals surface area contributed by atoms with Crippen LogP contribution in [0, 0.1) is 6.92 Å². The molecule has 0 radical (unpaired) electrons. The van der Waals surface area contributed by atoms with E-state index in [0.717, 1.165) is 37.4 Å². The van der Waals surface area contributed by atoms with Crippen molar-refractivity contribution >= 4 is 11.8 Å². The van der Waals surface area contributed by atoms with E-state index in [1.807, 2.05) is 13.0 Å². The molecule has 0 aliphatic heterocycles. The minimum atomic E-state index is 0.399. The molecule has 0 saturated heterocycles. The fourth-order valence-corrected chi connectivity index (χ4v) is 1.73. The Balaban J connectivity index is 2.59. The zero-order valence-electron chi connectivity index (χ0n) is 12.8. The minimum Gasteiger partial charge on any atom is -0.367 e. The second-order valence-corrected chi connectivity index (χ2v) is 5.28. The first-order valence-electron chi connectivity index (χ1n) is 7.02. The summed E-state index contributed by atoms with van der Waals surface area (Å²) in [5.74, 6) is 1.61. The molecule has 5 nitrogen and oxygen atoms in total. The molecule has 1 heterocycles. The lowest BCUT2D eigenvalue weighted by Crippen LogP contribution is -2.23. The summed E-state index contributed by atoms with van der Waals surface area (Å²) in [6, 6.07) is 2.39. The average molecular weight is 265 g/mol. The van der Waals surface area contributed by atoms with Gasteiger partial charge in [-0.3, -0.25) is 0 Å². The standard InChI is InChI=1S/C14H27N5/c1-6-8-15-14-17-12(3)10-13(18-14)16-11(2)7-9-19(4)5/h10-11H,6-9H2,1-5H3,(H2,15,16,17,18). The molecule has 1 aromatic rings. The van der Waals surface area contributed by atoms with Crippen LogP contribution in [0.1, 0.15) is 32.4 Å². The monoisotopic (exact) mass is 265 g/mol. The van der Waals surface area contributed by atoms with Crippen LogP contribution in [0.3, 0.4) is 0 Å². The summed E-state index contributed by atoms with van der Waals surface area (Å²) in [4.78, 5) is 11.1. The summed E-state index contributed by atoms with van der Waals surface area (Å²) in [7, 11) is 4.18. The molecule has 0 saturated carbocycles. The molecule has 0 amide bonds. The van der Waals surface area contributed by atoms with Gasteiger partial charge in [-0.2, -0.15) is 4.98 Å². The van der Waals surface area contributed by atoms with Crippen molar-refractivity contribution in [3.8, 4) is 0 Å². The molecule has 1 atom stereocenters. The molecule has 5 heteroatoms. The number of aryl methyl sites for hydroxylation is 1. The molecule has 0 fully saturated rings. The highest BCUT2D eigenvalue weighted by Gasteiger charge is 2.06. The molecule has 1 unspecified atom stereocenters. The van der Waals surface area contributed by atoms with E-state index in [-0.39, 0.29) is 0 Å². The first-order valence-corrected chi connectivity index (χ1v) is 7.02. The third kappa shape index (κ3) is 6.38. The van der Waals surface area contributed by atoms with E-state index >= 15 is 0 Å². The van der Waals surface area contributed by atoms with Crippen molar-refractivity contribution in [2.45, 2.75) is 39.7 Å². The second-order valence-electron chi connectivity index (χ2n) is 5.28. The van der Waals surface area contributed by atoms with Crippen LogP contribution in [0.2, 0.25) is 0 Å². The third-order valence-electron chi connectivity index (χ3n) is 2.79. The predicted octanol–water partition coefficient (Wildman–Crippen LogP) is 2.36. The molecule has 19 heavy (non-hydrogen) atoms. The van der Waals surface area contributed by atoms with Crippen molar-refractivity contribution in [3.05, 3.63) is 11.8 Å². The predicted molar refractivity (Wildman–Crippen MR) is 81.8 cm³/mol. The first-order chi connectivity index (χ1) is 9.01. The lowest BCUT2D eigenvalue weighted by molar-refractivity contribution is 0.390. The van der Waals surface area contributed by atoms with Gasteiger partial charge in [0.25, 0.3) is 0 Å². The van der Waals surface area contributed by atoms with E-state index in [1.165, 1.54) is 0 Å². The molecule has 0 aliphatic carbocycles. The van der Waals surface area contributed by atoms with E-state index in [0.29, 0.717) is 12.0 Å². The second kappa shape index (κ2) is 7.94. The maximum Gasteiger partial charge on any atom is 0.224 e. The Kier molecular flexibility index (Phi) is 6.56. The topological polar surface area (TPSA) is 53.1 Å². The Morgan fingerprint density at radius 2 is 2.05 bits per heavy atom. The van der Waals surface area contributed by atoms with E-state index in [9.17, 15) is 0 Å². The minimum absolute atomic E-state index is 0.399. The van der Waals surface area contributed by atoms with Gasteiger partial charge in [0.2, 0.25) is 5.95 Å². The lowest BCUT2D eigenvalue weighted by Gasteiger charge is -2.18. The highest BCUT2D eigenvalue weighted by molar-refractivity contribution is 5.42. The van der Waals surface area contributed by atoms with Crippen LogP contribution in [0.15, 0.2) is 6.07 Å². The Morgan fingerprint density at radius 1 is 1.32 bits per heavy atom. The number of aromatic nitrogens is 2. The zero-order chi connectivity index (χ0) is 14.3. The van der Waals surface area contributed by atoms with Gasteiger partial charge in [-0.25, -0.2) is 4.98 Å². The van der Waals surface area contributed by atoms with Gasteiger partial charge in [0.15, 0.2) is 0 Å². The van der Waals surface area contributed by atoms with Gasteiger partial charge in [0.05, 0.1) is 0 Å². The lowest BCUT2D eigenvalue weighted by atomic mass is 10.2. The van der Waals surface area contributed by atoms with Crippen LogP contribution in [0.5, 0.6) is 0 Å². The average Bonchev–Trinajstić information content (AvgIpc) is 2.33. The Bertz CT molecular complexity index is 378. The fourth-order valence-electron chi connectivity index (χ4n) is 1.73. The van der Waals surface area contributed by atoms with E-state index in [4.69, 9.17) is 0 Å². The Hall–Kier alpha value is -1.36. The smallest absolute Gasteiger partial charge is 0.224 e. The summed E-state index contributed by atoms with van der Waals surface area (Å²) in [5.41, 5.74) is 0.982. The maximum absolute atomic E-state index is 4.49. The molecule has 108 valence electrons. The number of hydrogen-bond acceptors (Lipinski definition) is 5. The SMILES string of the molecule is CCCNc1nc(C)cc(NC(C)CCN(C)C)n1. The zero-order valence-corrected chi connectivity index (χ0v) is 12.8. The summed E-state index contributed by atoms with van der Waals surface area (Å²) in [6.45, 7) is 8.28. The van der Waals surface area contributed by atoms with Gasteiger partial charge in [0, 0.05) is 24.3 Å². The van der Waals surface area contributed by atoms with Gasteiger partial charge < -0.3 is 15.5 Å². The Morgan fingerprint density at radius 3 is 2.68 bits per heavy atom. The highest BCUT2D eigenvalue weighted by atomic mass is 15.1. The molecular formula is C14H27N5. The molecule has 0 aromatic carbocycles. The van der Waals surface area contributed by atoms with Crippen molar-refractivity contribution in [2.24, 2.45) is 0 Å². The van der Waals surface area contributed by atoms with Gasteiger partial charge in [-0.1, -0.05) is 6.92 Å². The van der Waals surface area contributed by atoms with Crippen LogP contribution in [0.25, 0.3) is 0 Å². The molecular weight excluding hydrogens is 238 g/mol. The van der Waals surface area contributed by atoms with E-state index in [2.05, 4.69) is 53.4 Å². The maximum atomic E-state index is 4.49. The molecule has 1 rings (SSSR count). The Labute approximate surface area is 116 Å². The molecule has 0 spiro atoms. The quantitative estimate of drug-likeness (QED) is 0.755. The summed E-state index contributed by atoms with van der Waals surface area (Å²) < 4.78 is 0. The highest BCUT2D eigenvalue weighted by Crippen LogP contribution is 2.11. The van der Waals surface area contributed by atoms with E-state index in [1.54, 1.807) is 0 Å². The van der Waals surface area contributed by atoms with Crippen LogP contribution >= 0.6 is 0 Å². The van der Waals surface area contributed by atoms with Gasteiger partial charge >= 0.3 is 0 Å². The number of hydrogen-bond donors (Lipinski definition) is 2. The van der Waals surface area contributed by atoms with Crippen LogP contribution in [-0.4, -0.2) is 48.1 Å². The summed E-state index contributed by atoms with van der Waals surface area (Å²) >= 11 is 0. The largest absolute Gasteiger partial charge is 0.367 e. The van der Waals surface area contributed by atoms with Gasteiger partial charge in [-0.05, 0) is 47.3 Å². The van der Waals surface area contributed by atoms with Crippen LogP contribution < -0.4 is 10.6 Å². The van der Waals surface area contributed by atoms with Crippen molar-refractivity contribution in [2.75, 3.05) is 37.8 Å². The number of nitrogens with one attached hydrogen (secondary N) is 2. The molecule has 2 N–H and O–H groups in total. The number of nitrogens with zero attached hydrogens (tertiary/aromatic N) is 3.